The van der Waals surface area contributed by atoms with E-state index in [0.29, 0.717) is 38.3 Å². The first-order valence-electron chi connectivity index (χ1n) is 8.78. The molecule has 1 aromatic heterocycles. The van der Waals surface area contributed by atoms with Crippen LogP contribution < -0.4 is 4.90 Å². The van der Waals surface area contributed by atoms with Crippen molar-refractivity contribution in [1.82, 2.24) is 9.80 Å². The van der Waals surface area contributed by atoms with Crippen LogP contribution in [0.4, 0.5) is 5.69 Å². The van der Waals surface area contributed by atoms with Crippen LogP contribution in [-0.2, 0) is 4.79 Å². The van der Waals surface area contributed by atoms with Gasteiger partial charge in [-0.1, -0.05) is 12.1 Å². The first-order chi connectivity index (χ1) is 12.7. The number of carbonyl (C=O) groups excluding carboxylic acids is 2. The lowest BCUT2D eigenvalue weighted by Crippen LogP contribution is -2.52. The summed E-state index contributed by atoms with van der Waals surface area (Å²) >= 11 is 1.80. The fourth-order valence-corrected chi connectivity index (χ4v) is 4.38. The zero-order valence-electron chi connectivity index (χ0n) is 14.5. The molecule has 3 heterocycles. The molecule has 0 saturated carbocycles. The van der Waals surface area contributed by atoms with Crippen LogP contribution in [0, 0.1) is 0 Å². The van der Waals surface area contributed by atoms with Crippen LogP contribution >= 0.6 is 11.8 Å². The third-order valence-corrected chi connectivity index (χ3v) is 5.86. The number of benzene rings is 1. The van der Waals surface area contributed by atoms with Crippen molar-refractivity contribution in [3.8, 4) is 0 Å². The number of thioether (sulfide) groups is 1. The molecule has 0 N–H and O–H groups in total. The van der Waals surface area contributed by atoms with Gasteiger partial charge in [-0.2, -0.15) is 0 Å². The Bertz CT molecular complexity index is 785. The molecule has 2 aliphatic rings. The van der Waals surface area contributed by atoms with Gasteiger partial charge in [0.1, 0.15) is 6.26 Å². The SMILES string of the molecule is O=C(c1ccoc1)N1CCN(CC(=O)N2CCSc3ccccc32)CC1. The number of para-hydroxylation sites is 1. The lowest BCUT2D eigenvalue weighted by atomic mass is 10.2. The first kappa shape index (κ1) is 17.2. The summed E-state index contributed by atoms with van der Waals surface area (Å²) in [5, 5.41) is 0. The van der Waals surface area contributed by atoms with Gasteiger partial charge >= 0.3 is 0 Å². The smallest absolute Gasteiger partial charge is 0.257 e. The maximum absolute atomic E-state index is 12.8. The van der Waals surface area contributed by atoms with Gasteiger partial charge < -0.3 is 14.2 Å². The fourth-order valence-electron chi connectivity index (χ4n) is 3.38. The van der Waals surface area contributed by atoms with Gasteiger partial charge in [-0.3, -0.25) is 14.5 Å². The third kappa shape index (κ3) is 3.50. The molecule has 0 radical (unpaired) electrons. The Labute approximate surface area is 156 Å². The number of hydrogen-bond acceptors (Lipinski definition) is 5. The second-order valence-electron chi connectivity index (χ2n) is 6.44. The molecule has 2 aromatic rings. The summed E-state index contributed by atoms with van der Waals surface area (Å²) in [5.41, 5.74) is 1.60. The van der Waals surface area contributed by atoms with Gasteiger partial charge in [0.15, 0.2) is 0 Å². The number of piperazine rings is 1. The Balaban J connectivity index is 1.34. The molecule has 2 aliphatic heterocycles. The van der Waals surface area contributed by atoms with E-state index in [-0.39, 0.29) is 11.8 Å². The Morgan fingerprint density at radius 3 is 2.62 bits per heavy atom. The van der Waals surface area contributed by atoms with Crippen LogP contribution in [0.3, 0.4) is 0 Å². The molecule has 1 fully saturated rings. The van der Waals surface area contributed by atoms with Crippen LogP contribution in [0.1, 0.15) is 10.4 Å². The van der Waals surface area contributed by atoms with Gasteiger partial charge in [-0.05, 0) is 18.2 Å². The average molecular weight is 371 g/mol. The van der Waals surface area contributed by atoms with Gasteiger partial charge in [0.25, 0.3) is 5.91 Å². The highest BCUT2D eigenvalue weighted by Gasteiger charge is 2.27. The van der Waals surface area contributed by atoms with Crippen molar-refractivity contribution in [3.05, 3.63) is 48.4 Å². The molecule has 136 valence electrons. The molecule has 26 heavy (non-hydrogen) atoms. The van der Waals surface area contributed by atoms with Crippen LogP contribution in [0.15, 0.2) is 52.2 Å². The Hall–Kier alpha value is -2.25. The van der Waals surface area contributed by atoms with E-state index in [4.69, 9.17) is 4.42 Å². The maximum atomic E-state index is 12.8. The number of anilines is 1. The van der Waals surface area contributed by atoms with E-state index in [1.807, 2.05) is 28.0 Å². The first-order valence-corrected chi connectivity index (χ1v) is 9.77. The van der Waals surface area contributed by atoms with Crippen molar-refractivity contribution >= 4 is 29.3 Å². The van der Waals surface area contributed by atoms with E-state index in [0.717, 1.165) is 18.0 Å². The van der Waals surface area contributed by atoms with Crippen molar-refractivity contribution in [3.63, 3.8) is 0 Å². The number of hydrogen-bond donors (Lipinski definition) is 0. The van der Waals surface area contributed by atoms with E-state index in [1.54, 1.807) is 17.8 Å². The fraction of sp³-hybridized carbons (Fsp3) is 0.368. The van der Waals surface area contributed by atoms with Crippen molar-refractivity contribution in [2.24, 2.45) is 0 Å². The summed E-state index contributed by atoms with van der Waals surface area (Å²) in [5.74, 6) is 1.05. The third-order valence-electron chi connectivity index (χ3n) is 4.82. The van der Waals surface area contributed by atoms with E-state index in [1.165, 1.54) is 17.4 Å². The second-order valence-corrected chi connectivity index (χ2v) is 7.58. The number of rotatable bonds is 3. The normalized spacial score (nSPS) is 17.8. The topological polar surface area (TPSA) is 57.0 Å². The number of amides is 2. The monoisotopic (exact) mass is 371 g/mol. The molecule has 1 saturated heterocycles. The molecule has 0 spiro atoms. The van der Waals surface area contributed by atoms with E-state index in [9.17, 15) is 9.59 Å². The van der Waals surface area contributed by atoms with Crippen molar-refractivity contribution in [1.29, 1.82) is 0 Å². The highest BCUT2D eigenvalue weighted by Crippen LogP contribution is 2.34. The largest absolute Gasteiger partial charge is 0.472 e. The summed E-state index contributed by atoms with van der Waals surface area (Å²) in [6.45, 7) is 3.82. The summed E-state index contributed by atoms with van der Waals surface area (Å²) in [7, 11) is 0. The van der Waals surface area contributed by atoms with Gasteiger partial charge in [0.2, 0.25) is 5.91 Å². The summed E-state index contributed by atoms with van der Waals surface area (Å²) in [6, 6.07) is 9.76. The predicted octanol–water partition coefficient (Wildman–Crippen LogP) is 2.18. The highest BCUT2D eigenvalue weighted by atomic mass is 32.2. The number of furan rings is 1. The lowest BCUT2D eigenvalue weighted by Gasteiger charge is -2.36. The molecule has 1 aromatic carbocycles. The Morgan fingerprint density at radius 1 is 1.04 bits per heavy atom. The number of fused-ring (bicyclic) bond motifs is 1. The number of carbonyl (C=O) groups is 2. The van der Waals surface area contributed by atoms with Gasteiger partial charge in [-0.15, -0.1) is 11.8 Å². The number of nitrogens with zero attached hydrogens (tertiary/aromatic N) is 3. The van der Waals surface area contributed by atoms with Crippen LogP contribution in [0.2, 0.25) is 0 Å². The van der Waals surface area contributed by atoms with Crippen LogP contribution in [-0.4, -0.2) is 66.6 Å². The quantitative estimate of drug-likeness (QED) is 0.828. The van der Waals surface area contributed by atoms with E-state index in [2.05, 4.69) is 11.0 Å². The zero-order chi connectivity index (χ0) is 17.9. The molecule has 4 rings (SSSR count). The Kier molecular flexibility index (Phi) is 4.99. The highest BCUT2D eigenvalue weighted by molar-refractivity contribution is 7.99. The predicted molar refractivity (Wildman–Crippen MR) is 101 cm³/mol. The molecule has 0 bridgehead atoms. The minimum atomic E-state index is -0.00768. The minimum Gasteiger partial charge on any atom is -0.472 e. The van der Waals surface area contributed by atoms with Crippen LogP contribution in [0.5, 0.6) is 0 Å². The standard InChI is InChI=1S/C19H21N3O3S/c23-18(22-10-12-26-17-4-2-1-3-16(17)22)13-20-6-8-21(9-7-20)19(24)15-5-11-25-14-15/h1-5,11,14H,6-10,12-13H2. The molecule has 2 amide bonds. The molecule has 0 atom stereocenters. The Morgan fingerprint density at radius 2 is 1.85 bits per heavy atom. The van der Waals surface area contributed by atoms with Crippen LogP contribution in [0.25, 0.3) is 0 Å². The summed E-state index contributed by atoms with van der Waals surface area (Å²) in [4.78, 5) is 32.2. The van der Waals surface area contributed by atoms with Gasteiger partial charge in [-0.25, -0.2) is 0 Å². The molecule has 0 unspecified atom stereocenters. The molecule has 6 nitrogen and oxygen atoms in total. The minimum absolute atomic E-state index is 0.00768. The van der Waals surface area contributed by atoms with Crippen molar-refractivity contribution < 1.29 is 14.0 Å². The lowest BCUT2D eigenvalue weighted by molar-refractivity contribution is -0.120. The molecule has 0 aliphatic carbocycles. The summed E-state index contributed by atoms with van der Waals surface area (Å²) < 4.78 is 4.99. The van der Waals surface area contributed by atoms with E-state index < -0.39 is 0 Å². The van der Waals surface area contributed by atoms with Crippen molar-refractivity contribution in [2.75, 3.05) is 49.9 Å². The molecular formula is C19H21N3O3S. The van der Waals surface area contributed by atoms with E-state index >= 15 is 0 Å². The van der Waals surface area contributed by atoms with Gasteiger partial charge in [0.05, 0.1) is 24.1 Å². The van der Waals surface area contributed by atoms with Crippen molar-refractivity contribution in [2.45, 2.75) is 4.90 Å². The molecule has 7 heteroatoms. The maximum Gasteiger partial charge on any atom is 0.257 e. The average Bonchev–Trinajstić information content (AvgIpc) is 3.22. The van der Waals surface area contributed by atoms with Gasteiger partial charge in [0, 0.05) is 43.4 Å². The summed E-state index contributed by atoms with van der Waals surface area (Å²) in [6.07, 6.45) is 2.99. The molecular weight excluding hydrogens is 350 g/mol. The zero-order valence-corrected chi connectivity index (χ0v) is 15.3. The second kappa shape index (κ2) is 7.55.